The maximum Gasteiger partial charge on any atom is 0.337 e. The average Bonchev–Trinajstić information content (AvgIpc) is 2.65. The van der Waals surface area contributed by atoms with E-state index in [-0.39, 0.29) is 12.8 Å². The molecule has 0 aliphatic carbocycles. The van der Waals surface area contributed by atoms with E-state index in [2.05, 4.69) is 4.99 Å². The molecule has 0 saturated heterocycles. The van der Waals surface area contributed by atoms with Gasteiger partial charge in [-0.2, -0.15) is 0 Å². The summed E-state index contributed by atoms with van der Waals surface area (Å²) in [4.78, 5) is 33.0. The van der Waals surface area contributed by atoms with Gasteiger partial charge < -0.3 is 10.2 Å². The van der Waals surface area contributed by atoms with Crippen molar-refractivity contribution in [1.82, 2.24) is 5.06 Å². The number of carboxylic acids is 2. The molecule has 7 nitrogen and oxygen atoms in total. The van der Waals surface area contributed by atoms with Crippen LogP contribution in [0.1, 0.15) is 67.2 Å². The van der Waals surface area contributed by atoms with Crippen LogP contribution >= 0.6 is 0 Å². The summed E-state index contributed by atoms with van der Waals surface area (Å²) in [6.07, 6.45) is 1.57. The fourth-order valence-electron chi connectivity index (χ4n) is 3.12. The van der Waals surface area contributed by atoms with Gasteiger partial charge in [0, 0.05) is 12.1 Å². The van der Waals surface area contributed by atoms with Crippen molar-refractivity contribution in [3.63, 3.8) is 0 Å². The van der Waals surface area contributed by atoms with Gasteiger partial charge in [0.15, 0.2) is 5.60 Å². The molecule has 0 aromatic rings. The van der Waals surface area contributed by atoms with Crippen molar-refractivity contribution in [2.45, 2.75) is 84.0 Å². The number of hydrogen-bond acceptors (Lipinski definition) is 5. The van der Waals surface area contributed by atoms with Gasteiger partial charge >= 0.3 is 11.9 Å². The number of aliphatic carboxylic acids is 2. The highest BCUT2D eigenvalue weighted by Gasteiger charge is 2.55. The Morgan fingerprint density at radius 2 is 1.78 bits per heavy atom. The van der Waals surface area contributed by atoms with Crippen LogP contribution in [0.4, 0.5) is 0 Å². The molecule has 1 atom stereocenters. The summed E-state index contributed by atoms with van der Waals surface area (Å²) in [5.74, 6) is -1.99. The van der Waals surface area contributed by atoms with Crippen LogP contribution in [0.25, 0.3) is 0 Å². The van der Waals surface area contributed by atoms with Crippen LogP contribution in [0.5, 0.6) is 0 Å². The lowest BCUT2D eigenvalue weighted by Crippen LogP contribution is -2.59. The maximum absolute atomic E-state index is 11.5. The van der Waals surface area contributed by atoms with E-state index in [9.17, 15) is 14.7 Å². The zero-order chi connectivity index (χ0) is 18.1. The topological polar surface area (TPSA) is 99.4 Å². The van der Waals surface area contributed by atoms with Gasteiger partial charge in [0.2, 0.25) is 0 Å². The van der Waals surface area contributed by atoms with E-state index in [1.165, 1.54) is 13.8 Å². The highest BCUT2D eigenvalue weighted by atomic mass is 16.7. The quantitative estimate of drug-likeness (QED) is 0.710. The van der Waals surface area contributed by atoms with Crippen molar-refractivity contribution in [3.05, 3.63) is 0 Å². The summed E-state index contributed by atoms with van der Waals surface area (Å²) >= 11 is 0. The molecule has 1 aliphatic rings. The second-order valence-corrected chi connectivity index (χ2v) is 6.75. The largest absolute Gasteiger partial charge is 0.481 e. The summed E-state index contributed by atoms with van der Waals surface area (Å²) in [5, 5.41) is 20.0. The van der Waals surface area contributed by atoms with E-state index < -0.39 is 28.7 Å². The van der Waals surface area contributed by atoms with Crippen LogP contribution in [0.15, 0.2) is 4.99 Å². The fraction of sp³-hybridized carbons (Fsp3) is 0.812. The summed E-state index contributed by atoms with van der Waals surface area (Å²) in [5.41, 5.74) is -2.02. The summed E-state index contributed by atoms with van der Waals surface area (Å²) in [6, 6.07) is 0. The van der Waals surface area contributed by atoms with Crippen LogP contribution in [0, 0.1) is 0 Å². The number of carboxylic acid groups (broad SMARTS) is 2. The van der Waals surface area contributed by atoms with Gasteiger partial charge in [-0.3, -0.25) is 14.6 Å². The van der Waals surface area contributed by atoms with Crippen LogP contribution in [0.2, 0.25) is 0 Å². The predicted octanol–water partition coefficient (Wildman–Crippen LogP) is 2.70. The molecule has 0 fully saturated rings. The monoisotopic (exact) mass is 328 g/mol. The van der Waals surface area contributed by atoms with Crippen molar-refractivity contribution in [3.8, 4) is 0 Å². The molecule has 0 saturated carbocycles. The lowest BCUT2D eigenvalue weighted by atomic mass is 9.87. The number of carbonyl (C=O) groups is 2. The van der Waals surface area contributed by atoms with E-state index in [1.54, 1.807) is 12.0 Å². The van der Waals surface area contributed by atoms with E-state index in [1.807, 2.05) is 20.8 Å². The normalized spacial score (nSPS) is 24.5. The summed E-state index contributed by atoms with van der Waals surface area (Å²) in [6.45, 7) is 10.6. The Hall–Kier alpha value is -1.47. The molecule has 1 unspecified atom stereocenters. The van der Waals surface area contributed by atoms with E-state index in [0.29, 0.717) is 12.8 Å². The summed E-state index contributed by atoms with van der Waals surface area (Å²) in [7, 11) is 0. The second kappa shape index (κ2) is 6.57. The highest BCUT2D eigenvalue weighted by molar-refractivity contribution is 5.93. The van der Waals surface area contributed by atoms with Gasteiger partial charge in [-0.1, -0.05) is 13.8 Å². The number of rotatable bonds is 8. The zero-order valence-electron chi connectivity index (χ0n) is 14.8. The van der Waals surface area contributed by atoms with Crippen LogP contribution < -0.4 is 0 Å². The Bertz CT molecular complexity index is 511. The van der Waals surface area contributed by atoms with Crippen molar-refractivity contribution in [2.75, 3.05) is 0 Å². The molecule has 132 valence electrons. The minimum Gasteiger partial charge on any atom is -0.481 e. The van der Waals surface area contributed by atoms with Gasteiger partial charge in [-0.25, -0.2) is 4.79 Å². The summed E-state index contributed by atoms with van der Waals surface area (Å²) < 4.78 is 0. The van der Waals surface area contributed by atoms with E-state index in [4.69, 9.17) is 9.94 Å². The second-order valence-electron chi connectivity index (χ2n) is 6.75. The highest BCUT2D eigenvalue weighted by Crippen LogP contribution is 2.43. The first-order valence-electron chi connectivity index (χ1n) is 7.97. The van der Waals surface area contributed by atoms with Crippen molar-refractivity contribution in [1.29, 1.82) is 0 Å². The van der Waals surface area contributed by atoms with Gasteiger partial charge in [0.25, 0.3) is 0 Å². The Morgan fingerprint density at radius 3 is 2.17 bits per heavy atom. The minimum absolute atomic E-state index is 0.0653. The molecule has 1 rings (SSSR count). The van der Waals surface area contributed by atoms with Crippen LogP contribution in [-0.4, -0.2) is 49.7 Å². The van der Waals surface area contributed by atoms with Crippen molar-refractivity contribution < 1.29 is 24.6 Å². The lowest BCUT2D eigenvalue weighted by Gasteiger charge is -2.45. The first-order chi connectivity index (χ1) is 10.4. The predicted molar refractivity (Wildman–Crippen MR) is 86.3 cm³/mol. The SMILES string of the molecule is CCC1(CC)C(C)=NC(C)(CCC(=O)O)N1OC(C)(C)C(=O)O. The Morgan fingerprint density at radius 1 is 1.26 bits per heavy atom. The van der Waals surface area contributed by atoms with E-state index >= 15 is 0 Å². The minimum atomic E-state index is -1.43. The van der Waals surface area contributed by atoms with Crippen molar-refractivity contribution >= 4 is 17.7 Å². The molecule has 0 amide bonds. The van der Waals surface area contributed by atoms with E-state index in [0.717, 1.165) is 5.71 Å². The zero-order valence-corrected chi connectivity index (χ0v) is 14.8. The average molecular weight is 328 g/mol. The molecule has 1 aliphatic heterocycles. The third-order valence-corrected chi connectivity index (χ3v) is 4.73. The smallest absolute Gasteiger partial charge is 0.337 e. The molecule has 0 aromatic carbocycles. The number of hydroxylamine groups is 2. The van der Waals surface area contributed by atoms with Gasteiger partial charge in [-0.05, 0) is 47.0 Å². The van der Waals surface area contributed by atoms with Crippen LogP contribution in [0.3, 0.4) is 0 Å². The molecule has 7 heteroatoms. The lowest BCUT2D eigenvalue weighted by molar-refractivity contribution is -0.302. The number of nitrogens with zero attached hydrogens (tertiary/aromatic N) is 2. The third kappa shape index (κ3) is 3.55. The molecule has 0 spiro atoms. The van der Waals surface area contributed by atoms with Crippen molar-refractivity contribution in [2.24, 2.45) is 4.99 Å². The first-order valence-corrected chi connectivity index (χ1v) is 7.97. The number of hydrogen-bond donors (Lipinski definition) is 2. The third-order valence-electron chi connectivity index (χ3n) is 4.73. The molecule has 0 radical (unpaired) electrons. The molecular formula is C16H28N2O5. The Labute approximate surface area is 137 Å². The molecule has 1 heterocycles. The Balaban J connectivity index is 3.28. The first kappa shape index (κ1) is 19.6. The Kier molecular flexibility index (Phi) is 5.59. The molecule has 0 bridgehead atoms. The van der Waals surface area contributed by atoms with Gasteiger partial charge in [0.05, 0.1) is 5.54 Å². The maximum atomic E-state index is 11.5. The molecular weight excluding hydrogens is 300 g/mol. The van der Waals surface area contributed by atoms with Crippen LogP contribution in [-0.2, 0) is 14.4 Å². The molecule has 0 aromatic heterocycles. The molecule has 23 heavy (non-hydrogen) atoms. The number of aliphatic imine (C=N–C) groups is 1. The van der Waals surface area contributed by atoms with Gasteiger partial charge in [0.1, 0.15) is 5.66 Å². The fourth-order valence-corrected chi connectivity index (χ4v) is 3.12. The molecule has 2 N–H and O–H groups in total. The van der Waals surface area contributed by atoms with Gasteiger partial charge in [-0.15, -0.1) is 5.06 Å². The standard InChI is InChI=1S/C16H28N2O5/c1-7-16(8-2)11(3)17-15(6,10-9-12(19)20)18(16)23-14(4,5)13(21)22/h7-10H2,1-6H3,(H,19,20)(H,21,22).